The minimum absolute atomic E-state index is 0.484. The van der Waals surface area contributed by atoms with Gasteiger partial charge in [0, 0.05) is 16.6 Å². The Morgan fingerprint density at radius 1 is 1.38 bits per heavy atom. The molecule has 2 rings (SSSR count). The van der Waals surface area contributed by atoms with Crippen LogP contribution >= 0.6 is 0 Å². The van der Waals surface area contributed by atoms with Crippen LogP contribution in [0.4, 0.5) is 0 Å². The summed E-state index contributed by atoms with van der Waals surface area (Å²) in [4.78, 5) is 3.45. The quantitative estimate of drug-likeness (QED) is 0.777. The van der Waals surface area contributed by atoms with Crippen LogP contribution in [0, 0.1) is 5.92 Å². The average molecular weight is 213 g/mol. The van der Waals surface area contributed by atoms with Gasteiger partial charge in [0.15, 0.2) is 0 Å². The van der Waals surface area contributed by atoms with Crippen molar-refractivity contribution < 1.29 is 0 Å². The highest BCUT2D eigenvalue weighted by atomic mass is 14.7. The van der Waals surface area contributed by atoms with Crippen molar-refractivity contribution in [1.82, 2.24) is 4.98 Å². The Kier molecular flexibility index (Phi) is 2.86. The summed E-state index contributed by atoms with van der Waals surface area (Å²) in [5.74, 6) is 0.484. The van der Waals surface area contributed by atoms with Crippen molar-refractivity contribution in [3.63, 3.8) is 0 Å². The molecule has 0 aliphatic rings. The van der Waals surface area contributed by atoms with Gasteiger partial charge in [0.25, 0.3) is 0 Å². The van der Waals surface area contributed by atoms with Crippen LogP contribution in [0.3, 0.4) is 0 Å². The van der Waals surface area contributed by atoms with Gasteiger partial charge in [0.1, 0.15) is 0 Å². The Labute approximate surface area is 97.2 Å². The van der Waals surface area contributed by atoms with Crippen molar-refractivity contribution in [1.29, 1.82) is 0 Å². The lowest BCUT2D eigenvalue weighted by Gasteiger charge is -2.05. The van der Waals surface area contributed by atoms with Crippen LogP contribution < -0.4 is 0 Å². The van der Waals surface area contributed by atoms with Crippen molar-refractivity contribution in [2.45, 2.75) is 27.2 Å². The molecule has 1 heteroatoms. The van der Waals surface area contributed by atoms with E-state index in [1.165, 1.54) is 27.7 Å². The molecule has 1 aromatic heterocycles. The number of aryl methyl sites for hydroxylation is 1. The first-order valence-corrected chi connectivity index (χ1v) is 5.93. The van der Waals surface area contributed by atoms with E-state index in [9.17, 15) is 0 Å². The summed E-state index contributed by atoms with van der Waals surface area (Å²) in [5.41, 5.74) is 4.97. The van der Waals surface area contributed by atoms with Gasteiger partial charge >= 0.3 is 0 Å². The van der Waals surface area contributed by atoms with Crippen LogP contribution in [0.1, 0.15) is 32.0 Å². The van der Waals surface area contributed by atoms with Crippen molar-refractivity contribution in [2.24, 2.45) is 5.92 Å². The van der Waals surface area contributed by atoms with Gasteiger partial charge in [-0.2, -0.15) is 0 Å². The second kappa shape index (κ2) is 4.17. The molecule has 1 nitrogen and oxygen atoms in total. The van der Waals surface area contributed by atoms with Crippen LogP contribution in [0.25, 0.3) is 16.5 Å². The zero-order valence-corrected chi connectivity index (χ0v) is 10.3. The van der Waals surface area contributed by atoms with Crippen LogP contribution in [0.5, 0.6) is 0 Å². The molecule has 1 N–H and O–H groups in total. The first kappa shape index (κ1) is 11.0. The maximum Gasteiger partial charge on any atom is 0.0461 e. The number of hydrogen-bond donors (Lipinski definition) is 1. The molecule has 0 saturated heterocycles. The summed E-state index contributed by atoms with van der Waals surface area (Å²) >= 11 is 0. The van der Waals surface area contributed by atoms with Crippen LogP contribution in [0.2, 0.25) is 0 Å². The van der Waals surface area contributed by atoms with Crippen molar-refractivity contribution >= 4 is 16.5 Å². The highest BCUT2D eigenvalue weighted by Crippen LogP contribution is 2.26. The molecule has 0 saturated carbocycles. The smallest absolute Gasteiger partial charge is 0.0461 e. The van der Waals surface area contributed by atoms with Gasteiger partial charge in [-0.25, -0.2) is 0 Å². The summed E-state index contributed by atoms with van der Waals surface area (Å²) < 4.78 is 0. The Bertz CT molecular complexity index is 517. The molecule has 0 spiro atoms. The number of allylic oxidation sites excluding steroid dienone is 1. The summed E-state index contributed by atoms with van der Waals surface area (Å²) in [6.07, 6.45) is 1.07. The van der Waals surface area contributed by atoms with Gasteiger partial charge in [-0.1, -0.05) is 39.5 Å². The van der Waals surface area contributed by atoms with Gasteiger partial charge in [-0.3, -0.25) is 0 Å². The largest absolute Gasteiger partial charge is 0.355 e. The Morgan fingerprint density at radius 3 is 2.75 bits per heavy atom. The Hall–Kier alpha value is -1.50. The molecular weight excluding hydrogens is 194 g/mol. The number of benzene rings is 1. The lowest BCUT2D eigenvalue weighted by Crippen LogP contribution is -1.91. The molecule has 0 unspecified atom stereocenters. The fourth-order valence-electron chi connectivity index (χ4n) is 2.01. The van der Waals surface area contributed by atoms with E-state index in [4.69, 9.17) is 0 Å². The fraction of sp³-hybridized carbons (Fsp3) is 0.333. The number of aromatic nitrogens is 1. The number of H-pyrrole nitrogens is 1. The summed E-state index contributed by atoms with van der Waals surface area (Å²) in [7, 11) is 0. The predicted octanol–water partition coefficient (Wildman–Crippen LogP) is 4.40. The molecule has 1 aromatic carbocycles. The Balaban J connectivity index is 2.56. The van der Waals surface area contributed by atoms with Crippen LogP contribution in [-0.2, 0) is 6.42 Å². The standard InChI is InChI=1S/C15H19N/c1-5-12-7-6-8-14-13(12)9-15(16-14)11(4)10(2)3/h6-10,16H,4-5H2,1-3H3. The fourth-order valence-corrected chi connectivity index (χ4v) is 2.01. The molecule has 16 heavy (non-hydrogen) atoms. The van der Waals surface area contributed by atoms with E-state index < -0.39 is 0 Å². The molecular formula is C15H19N. The van der Waals surface area contributed by atoms with Crippen molar-refractivity contribution in [3.05, 3.63) is 42.1 Å². The minimum atomic E-state index is 0.484. The molecule has 0 aliphatic heterocycles. The van der Waals surface area contributed by atoms with E-state index in [0.717, 1.165) is 6.42 Å². The van der Waals surface area contributed by atoms with Crippen LogP contribution in [0.15, 0.2) is 30.8 Å². The highest BCUT2D eigenvalue weighted by molar-refractivity contribution is 5.87. The first-order valence-electron chi connectivity index (χ1n) is 5.93. The maximum absolute atomic E-state index is 4.14. The summed E-state index contributed by atoms with van der Waals surface area (Å²) in [6.45, 7) is 10.7. The van der Waals surface area contributed by atoms with Gasteiger partial charge in [-0.05, 0) is 35.6 Å². The minimum Gasteiger partial charge on any atom is -0.355 e. The van der Waals surface area contributed by atoms with Gasteiger partial charge in [-0.15, -0.1) is 0 Å². The van der Waals surface area contributed by atoms with Crippen molar-refractivity contribution in [3.8, 4) is 0 Å². The molecule has 0 atom stereocenters. The first-order chi connectivity index (χ1) is 7.63. The third kappa shape index (κ3) is 1.78. The third-order valence-corrected chi connectivity index (χ3v) is 3.18. The Morgan fingerprint density at radius 2 is 2.12 bits per heavy atom. The summed E-state index contributed by atoms with van der Waals surface area (Å²) in [6, 6.07) is 8.67. The number of fused-ring (bicyclic) bond motifs is 1. The molecule has 0 fully saturated rings. The number of aromatic amines is 1. The van der Waals surface area contributed by atoms with Crippen LogP contribution in [-0.4, -0.2) is 4.98 Å². The van der Waals surface area contributed by atoms with E-state index in [1.807, 2.05) is 0 Å². The third-order valence-electron chi connectivity index (χ3n) is 3.18. The second-order valence-corrected chi connectivity index (χ2v) is 4.59. The van der Waals surface area contributed by atoms with Crippen molar-refractivity contribution in [2.75, 3.05) is 0 Å². The monoisotopic (exact) mass is 213 g/mol. The topological polar surface area (TPSA) is 15.8 Å². The van der Waals surface area contributed by atoms with E-state index >= 15 is 0 Å². The normalized spacial score (nSPS) is 11.2. The van der Waals surface area contributed by atoms with E-state index in [0.29, 0.717) is 5.92 Å². The van der Waals surface area contributed by atoms with E-state index in [2.05, 4.69) is 56.6 Å². The van der Waals surface area contributed by atoms with E-state index in [1.54, 1.807) is 0 Å². The van der Waals surface area contributed by atoms with Gasteiger partial charge < -0.3 is 4.98 Å². The van der Waals surface area contributed by atoms with Gasteiger partial charge in [0.2, 0.25) is 0 Å². The molecule has 0 amide bonds. The maximum atomic E-state index is 4.14. The second-order valence-electron chi connectivity index (χ2n) is 4.59. The zero-order chi connectivity index (χ0) is 11.7. The predicted molar refractivity (Wildman–Crippen MR) is 71.5 cm³/mol. The highest BCUT2D eigenvalue weighted by Gasteiger charge is 2.08. The number of nitrogens with one attached hydrogen (secondary N) is 1. The SMILES string of the molecule is C=C(c1cc2c(CC)cccc2[nH]1)C(C)C. The number of rotatable bonds is 3. The molecule has 0 bridgehead atoms. The lowest BCUT2D eigenvalue weighted by atomic mass is 10.0. The molecule has 0 aliphatic carbocycles. The summed E-state index contributed by atoms with van der Waals surface area (Å²) in [5, 5.41) is 1.34. The number of hydrogen-bond acceptors (Lipinski definition) is 0. The molecule has 2 aromatic rings. The zero-order valence-electron chi connectivity index (χ0n) is 10.3. The molecule has 84 valence electrons. The van der Waals surface area contributed by atoms with E-state index in [-0.39, 0.29) is 0 Å². The lowest BCUT2D eigenvalue weighted by molar-refractivity contribution is 0.853. The average Bonchev–Trinajstić information content (AvgIpc) is 2.70. The molecule has 1 heterocycles. The molecule has 0 radical (unpaired) electrons. The van der Waals surface area contributed by atoms with Gasteiger partial charge in [0.05, 0.1) is 0 Å².